The van der Waals surface area contributed by atoms with E-state index in [2.05, 4.69) is 26.0 Å². The Morgan fingerprint density at radius 1 is 0.928 bits per heavy atom. The van der Waals surface area contributed by atoms with Crippen LogP contribution in [0.3, 0.4) is 0 Å². The molecule has 0 spiro atoms. The number of thiazole rings is 1. The molecule has 0 saturated carbocycles. The average Bonchev–Trinajstić information content (AvgIpc) is 3.92. The molecule has 2 heterocycles. The first kappa shape index (κ1) is 55.5. The van der Waals surface area contributed by atoms with E-state index in [-0.39, 0.29) is 60.9 Å². The number of hydrogen-bond donors (Lipinski definition) is 4. The molecule has 12 nitrogen and oxygen atoms in total. The fourth-order valence-electron chi connectivity index (χ4n) is 8.54. The van der Waals surface area contributed by atoms with Crippen LogP contribution in [0, 0.1) is 39.3 Å². The van der Waals surface area contributed by atoms with E-state index < -0.39 is 52.5 Å². The molecule has 1 saturated heterocycles. The molecular weight excluding hydrogens is 1020 g/mol. The van der Waals surface area contributed by atoms with Gasteiger partial charge in [0.15, 0.2) is 11.6 Å². The number of aryl methyl sites for hydroxylation is 1. The maximum atomic E-state index is 14.7. The van der Waals surface area contributed by atoms with Gasteiger partial charge in [-0.3, -0.25) is 24.0 Å². The van der Waals surface area contributed by atoms with E-state index >= 15 is 0 Å². The maximum Gasteiger partial charge on any atom is 0.277 e. The molecule has 0 radical (unpaired) electrons. The normalized spacial score (nSPS) is 15.9. The van der Waals surface area contributed by atoms with Crippen molar-refractivity contribution in [3.05, 3.63) is 98.0 Å². The number of likely N-dealkylation sites (tertiary alicyclic amines) is 1. The number of benzene rings is 3. The minimum absolute atomic E-state index is 0.0380. The second kappa shape index (κ2) is 26.7. The number of β-amino-alcohol motifs (C(OH)–C–C–N with tert-alkyl or cyclic N) is 1. The van der Waals surface area contributed by atoms with Gasteiger partial charge in [-0.05, 0) is 116 Å². The first-order chi connectivity index (χ1) is 32.8. The van der Waals surface area contributed by atoms with Gasteiger partial charge in [-0.15, -0.1) is 11.3 Å². The third-order valence-electron chi connectivity index (χ3n) is 12.6. The van der Waals surface area contributed by atoms with Gasteiger partial charge >= 0.3 is 0 Å². The summed E-state index contributed by atoms with van der Waals surface area (Å²) in [7, 11) is 2.02. The Hall–Kier alpha value is -4.43. The van der Waals surface area contributed by atoms with Crippen LogP contribution < -0.4 is 16.1 Å². The van der Waals surface area contributed by atoms with Crippen molar-refractivity contribution < 1.29 is 42.3 Å². The van der Waals surface area contributed by atoms with Gasteiger partial charge in [0, 0.05) is 41.8 Å². The Labute approximate surface area is 422 Å². The zero-order chi connectivity index (χ0) is 50.3. The molecule has 4 atom stereocenters. The Balaban J connectivity index is 0.925. The fourth-order valence-corrected chi connectivity index (χ4v) is 9.80. The molecule has 0 aliphatic carbocycles. The first-order valence-corrected chi connectivity index (χ1v) is 25.9. The molecule has 1 aliphatic rings. The summed E-state index contributed by atoms with van der Waals surface area (Å²) in [6, 6.07) is 13.0. The Bertz CT molecular complexity index is 2350. The summed E-state index contributed by atoms with van der Waals surface area (Å²) in [6.07, 6.45) is 8.59. The van der Waals surface area contributed by atoms with Gasteiger partial charge in [-0.25, -0.2) is 23.6 Å². The van der Waals surface area contributed by atoms with E-state index in [0.717, 1.165) is 98.3 Å². The van der Waals surface area contributed by atoms with E-state index in [0.29, 0.717) is 16.4 Å². The number of ketones is 1. The number of amides is 3. The molecule has 4 N–H and O–H groups in total. The van der Waals surface area contributed by atoms with Gasteiger partial charge in [-0.2, -0.15) is 0 Å². The number of unbranched alkanes of at least 4 members (excludes halogenated alkanes) is 7. The summed E-state index contributed by atoms with van der Waals surface area (Å²) in [5, 5.41) is 16.2. The van der Waals surface area contributed by atoms with Crippen LogP contribution in [-0.2, 0) is 19.2 Å². The van der Waals surface area contributed by atoms with E-state index in [1.165, 1.54) is 17.0 Å². The molecule has 69 heavy (non-hydrogen) atoms. The van der Waals surface area contributed by atoms with Gasteiger partial charge in [-0.1, -0.05) is 83.6 Å². The van der Waals surface area contributed by atoms with Gasteiger partial charge in [0.25, 0.3) is 5.91 Å². The van der Waals surface area contributed by atoms with Crippen molar-refractivity contribution in [2.24, 2.45) is 11.3 Å². The smallest absolute Gasteiger partial charge is 0.277 e. The van der Waals surface area contributed by atoms with Gasteiger partial charge in [0.05, 0.1) is 51.8 Å². The number of aliphatic hydroxyl groups excluding tert-OH is 1. The number of rotatable bonds is 26. The molecule has 3 amide bonds. The number of halogens is 4. The Morgan fingerprint density at radius 2 is 1.59 bits per heavy atom. The molecule has 1 aromatic heterocycles. The molecule has 5 rings (SSSR count). The lowest BCUT2D eigenvalue weighted by Gasteiger charge is -2.35. The van der Waals surface area contributed by atoms with E-state index in [4.69, 9.17) is 4.84 Å². The van der Waals surface area contributed by atoms with Crippen molar-refractivity contribution in [2.45, 2.75) is 130 Å². The molecule has 4 aromatic rings. The standard InChI is InChI=1S/C52H68F3IN6O6S/c1-33(35-17-19-36(20-18-35)48-34(2)57-32-69-48)58-50(66)45-30-39(64)31-62(45)51(67)41(52(3,4)5)29-38(63)16-13-11-9-7-8-10-12-14-25-61(6)26-15-27-68-60-49(65)40-22-23-42(53)46(55)47(40)59-44-24-21-37(56)28-43(44)54/h17-24,28,32-33,39,41,45,59,64H,7-16,25-27,29-31H2,1-6H3,(H,58,66)(H,60,65)/t33-,39-,41+,45+/m0/s1. The number of nitrogens with zero attached hydrogens (tertiary/aromatic N) is 3. The van der Waals surface area contributed by atoms with Crippen molar-refractivity contribution >= 4 is 68.8 Å². The van der Waals surface area contributed by atoms with Gasteiger partial charge in [0.1, 0.15) is 17.6 Å². The van der Waals surface area contributed by atoms with E-state index in [1.54, 1.807) is 17.4 Å². The highest BCUT2D eigenvalue weighted by atomic mass is 127. The molecule has 3 aromatic carbocycles. The van der Waals surface area contributed by atoms with Crippen molar-refractivity contribution in [1.82, 2.24) is 25.6 Å². The molecule has 376 valence electrons. The van der Waals surface area contributed by atoms with Crippen LogP contribution in [0.1, 0.15) is 132 Å². The second-order valence-electron chi connectivity index (χ2n) is 19.2. The zero-order valence-electron chi connectivity index (χ0n) is 40.6. The maximum absolute atomic E-state index is 14.7. The number of carbonyl (C=O) groups is 4. The predicted molar refractivity (Wildman–Crippen MR) is 273 cm³/mol. The minimum atomic E-state index is -1.31. The van der Waals surface area contributed by atoms with Crippen molar-refractivity contribution in [1.29, 1.82) is 0 Å². The quantitative estimate of drug-likeness (QED) is 0.0273. The number of hydrogen-bond acceptors (Lipinski definition) is 10. The molecule has 0 unspecified atom stereocenters. The van der Waals surface area contributed by atoms with Crippen molar-refractivity contribution in [2.75, 3.05) is 38.6 Å². The summed E-state index contributed by atoms with van der Waals surface area (Å²) in [6.45, 7) is 11.6. The van der Waals surface area contributed by atoms with Crippen LogP contribution in [-0.4, -0.2) is 88.8 Å². The summed E-state index contributed by atoms with van der Waals surface area (Å²) in [5.41, 5.74) is 5.68. The zero-order valence-corrected chi connectivity index (χ0v) is 43.6. The molecule has 17 heteroatoms. The van der Waals surface area contributed by atoms with Crippen LogP contribution in [0.25, 0.3) is 10.4 Å². The number of aliphatic hydroxyl groups is 1. The summed E-state index contributed by atoms with van der Waals surface area (Å²) in [4.78, 5) is 68.3. The Morgan fingerprint density at radius 3 is 2.25 bits per heavy atom. The van der Waals surface area contributed by atoms with Crippen LogP contribution >= 0.6 is 33.9 Å². The SMILES string of the molecule is Cc1ncsc1-c1ccc([C@H](C)NC(=O)[C@H]2C[C@H](O)CN2C(=O)[C@@H](CC(=O)CCCCCCCCCCN(C)CCCONC(=O)c2ccc(F)c(F)c2Nc2ccc(I)cc2F)C(C)(C)C)cc1. The minimum Gasteiger partial charge on any atom is -0.391 e. The van der Waals surface area contributed by atoms with Crippen LogP contribution in [0.2, 0.25) is 0 Å². The monoisotopic (exact) mass is 1090 g/mol. The Kier molecular flexibility index (Phi) is 21.5. The summed E-state index contributed by atoms with van der Waals surface area (Å²) >= 11 is 3.51. The number of carbonyl (C=O) groups excluding carboxylic acids is 4. The third kappa shape index (κ3) is 16.6. The summed E-state index contributed by atoms with van der Waals surface area (Å²) < 4.78 is 43.8. The van der Waals surface area contributed by atoms with Gasteiger partial charge in [0.2, 0.25) is 11.8 Å². The summed E-state index contributed by atoms with van der Waals surface area (Å²) in [5.74, 6) is -5.14. The highest BCUT2D eigenvalue weighted by Crippen LogP contribution is 2.35. The molecular formula is C52H68F3IN6O6S. The highest BCUT2D eigenvalue weighted by molar-refractivity contribution is 14.1. The topological polar surface area (TPSA) is 153 Å². The number of Topliss-reactive ketones (excluding diaryl/α,β-unsaturated/α-hetero) is 1. The number of anilines is 2. The van der Waals surface area contributed by atoms with Crippen LogP contribution in [0.5, 0.6) is 0 Å². The fraction of sp³-hybridized carbons (Fsp3) is 0.519. The average molecular weight is 1090 g/mol. The molecule has 0 bridgehead atoms. The van der Waals surface area contributed by atoms with E-state index in [1.807, 2.05) is 94.0 Å². The lowest BCUT2D eigenvalue weighted by molar-refractivity contribution is -0.146. The largest absolute Gasteiger partial charge is 0.391 e. The second-order valence-corrected chi connectivity index (χ2v) is 21.3. The highest BCUT2D eigenvalue weighted by Gasteiger charge is 2.44. The van der Waals surface area contributed by atoms with E-state index in [9.17, 15) is 37.5 Å². The van der Waals surface area contributed by atoms with Crippen LogP contribution in [0.4, 0.5) is 24.5 Å². The lowest BCUT2D eigenvalue weighted by Crippen LogP contribution is -2.50. The van der Waals surface area contributed by atoms with Crippen LogP contribution in [0.15, 0.2) is 60.1 Å². The lowest BCUT2D eigenvalue weighted by atomic mass is 9.76. The number of nitrogens with one attached hydrogen (secondary N) is 3. The molecule has 1 aliphatic heterocycles. The van der Waals surface area contributed by atoms with Crippen molar-refractivity contribution in [3.63, 3.8) is 0 Å². The first-order valence-electron chi connectivity index (χ1n) is 24.0. The number of hydroxylamine groups is 1. The molecule has 1 fully saturated rings. The van der Waals surface area contributed by atoms with Crippen molar-refractivity contribution in [3.8, 4) is 10.4 Å². The third-order valence-corrected chi connectivity index (χ3v) is 14.3. The number of aromatic nitrogens is 1. The predicted octanol–water partition coefficient (Wildman–Crippen LogP) is 10.8. The van der Waals surface area contributed by atoms with Gasteiger partial charge < -0.3 is 25.5 Å².